The van der Waals surface area contributed by atoms with Gasteiger partial charge in [0.1, 0.15) is 24.0 Å². The van der Waals surface area contributed by atoms with E-state index < -0.39 is 0 Å². The van der Waals surface area contributed by atoms with Crippen molar-refractivity contribution in [3.05, 3.63) is 144 Å². The van der Waals surface area contributed by atoms with Crippen LogP contribution >= 0.6 is 0 Å². The van der Waals surface area contributed by atoms with E-state index in [-0.39, 0.29) is 36.0 Å². The van der Waals surface area contributed by atoms with Crippen molar-refractivity contribution in [3.63, 3.8) is 0 Å². The lowest BCUT2D eigenvalue weighted by atomic mass is 9.91. The summed E-state index contributed by atoms with van der Waals surface area (Å²) in [5.74, 6) is -1.01. The Morgan fingerprint density at radius 3 is 0.941 bits per heavy atom. The predicted molar refractivity (Wildman–Crippen MR) is 280 cm³/mol. The number of ether oxygens (including phenoxy) is 2. The lowest BCUT2D eigenvalue weighted by molar-refractivity contribution is -0.153. The molecule has 0 aliphatic carbocycles. The largest absolute Gasteiger partial charge is 0.462 e. The number of piperidine rings is 2. The van der Waals surface area contributed by atoms with Crippen molar-refractivity contribution in [1.29, 1.82) is 0 Å². The lowest BCUT2D eigenvalue weighted by Gasteiger charge is -2.32. The Morgan fingerprint density at radius 1 is 0.412 bits per heavy atom. The molecule has 0 bridgehead atoms. The minimum atomic E-state index is -0.377. The number of hydrogen-bond donors (Lipinski definition) is 0. The minimum absolute atomic E-state index is 0.00500. The summed E-state index contributed by atoms with van der Waals surface area (Å²) < 4.78 is 12.3. The van der Waals surface area contributed by atoms with Gasteiger partial charge in [-0.05, 0) is 140 Å². The normalized spacial score (nSPS) is 15.4. The molecule has 8 nitrogen and oxygen atoms in total. The van der Waals surface area contributed by atoms with Gasteiger partial charge < -0.3 is 29.1 Å². The third-order valence-corrected chi connectivity index (χ3v) is 14.5. The topological polar surface area (TPSA) is 65.6 Å². The number of nitrogens with zero attached hydrogens (tertiary/aromatic N) is 4. The lowest BCUT2D eigenvalue weighted by Crippen LogP contribution is -2.39. The van der Waals surface area contributed by atoms with Crippen molar-refractivity contribution < 1.29 is 19.1 Å². The molecule has 2 fully saturated rings. The summed E-state index contributed by atoms with van der Waals surface area (Å²) in [6.45, 7) is 11.2. The smallest absolute Gasteiger partial charge is 0.318 e. The van der Waals surface area contributed by atoms with Crippen LogP contribution in [-0.2, 0) is 19.1 Å². The fourth-order valence-electron chi connectivity index (χ4n) is 10.3. The van der Waals surface area contributed by atoms with Crippen molar-refractivity contribution in [3.8, 4) is 0 Å². The van der Waals surface area contributed by atoms with E-state index in [0.29, 0.717) is 0 Å². The number of unbranched alkanes of at least 4 members (excludes halogenated alkanes) is 11. The van der Waals surface area contributed by atoms with Crippen molar-refractivity contribution in [2.75, 3.05) is 79.5 Å². The van der Waals surface area contributed by atoms with E-state index in [2.05, 4.69) is 33.7 Å². The fourth-order valence-corrected chi connectivity index (χ4v) is 10.3. The van der Waals surface area contributed by atoms with Crippen LogP contribution in [0.1, 0.15) is 150 Å². The second-order valence-electron chi connectivity index (χ2n) is 20.0. The number of hydrogen-bond acceptors (Lipinski definition) is 8. The van der Waals surface area contributed by atoms with Crippen LogP contribution in [0.3, 0.4) is 0 Å². The molecule has 0 radical (unpaired) electrons. The zero-order valence-electron chi connectivity index (χ0n) is 42.1. The summed E-state index contributed by atoms with van der Waals surface area (Å²) in [5.41, 5.74) is 3.96. The Labute approximate surface area is 411 Å². The van der Waals surface area contributed by atoms with Crippen molar-refractivity contribution in [1.82, 2.24) is 19.6 Å². The van der Waals surface area contributed by atoms with Crippen LogP contribution in [0.5, 0.6) is 0 Å². The first-order chi connectivity index (χ1) is 33.4. The number of rotatable bonds is 31. The molecule has 68 heavy (non-hydrogen) atoms. The van der Waals surface area contributed by atoms with Gasteiger partial charge in [0.25, 0.3) is 0 Å². The monoisotopic (exact) mass is 927 g/mol. The maximum Gasteiger partial charge on any atom is 0.318 e. The summed E-state index contributed by atoms with van der Waals surface area (Å²) >= 11 is 0. The van der Waals surface area contributed by atoms with Crippen molar-refractivity contribution in [2.45, 2.75) is 140 Å². The molecule has 370 valence electrons. The number of carbonyl (C=O) groups is 2. The second kappa shape index (κ2) is 31.0. The number of esters is 2. The molecule has 0 unspecified atom stereocenters. The Morgan fingerprint density at radius 2 is 0.662 bits per heavy atom. The van der Waals surface area contributed by atoms with Crippen molar-refractivity contribution in [2.24, 2.45) is 0 Å². The van der Waals surface area contributed by atoms with E-state index in [9.17, 15) is 9.59 Å². The molecule has 0 saturated carbocycles. The quantitative estimate of drug-likeness (QED) is 0.0365. The van der Waals surface area contributed by atoms with Gasteiger partial charge in [-0.1, -0.05) is 173 Å². The van der Waals surface area contributed by atoms with Gasteiger partial charge in [-0.3, -0.25) is 9.59 Å². The first-order valence-corrected chi connectivity index (χ1v) is 26.9. The van der Waals surface area contributed by atoms with E-state index >= 15 is 0 Å². The zero-order chi connectivity index (χ0) is 47.4. The molecule has 0 N–H and O–H groups in total. The SMILES string of the molecule is CN(CCCCCCCCN(C)CCCCCCN1CCC(OC(=O)C(c2ccccc2)c2ccccc2)CC1)CCCCCCN1CCC(OC(=O)C(c2ccccc2)c2ccccc2)CC1. The van der Waals surface area contributed by atoms with Crippen molar-refractivity contribution >= 4 is 11.9 Å². The molecule has 6 rings (SSSR count). The predicted octanol–water partition coefficient (Wildman–Crippen LogP) is 12.0. The van der Waals surface area contributed by atoms with Crippen LogP contribution in [0.25, 0.3) is 0 Å². The highest BCUT2D eigenvalue weighted by Crippen LogP contribution is 2.30. The Hall–Kier alpha value is -4.34. The maximum atomic E-state index is 13.4. The summed E-state index contributed by atoms with van der Waals surface area (Å²) in [6, 6.07) is 40.1. The molecule has 2 aliphatic rings. The van der Waals surface area contributed by atoms with Crippen LogP contribution < -0.4 is 0 Å². The summed E-state index contributed by atoms with van der Waals surface area (Å²) in [7, 11) is 4.60. The van der Waals surface area contributed by atoms with E-state index in [1.54, 1.807) is 0 Å². The molecule has 2 aliphatic heterocycles. The summed E-state index contributed by atoms with van der Waals surface area (Å²) in [4.78, 5) is 37.1. The van der Waals surface area contributed by atoms with Gasteiger partial charge in [-0.15, -0.1) is 0 Å². The van der Waals surface area contributed by atoms with Gasteiger partial charge >= 0.3 is 11.9 Å². The van der Waals surface area contributed by atoms with Crippen LogP contribution in [0.2, 0.25) is 0 Å². The molecule has 0 amide bonds. The van der Waals surface area contributed by atoms with Gasteiger partial charge in [0.05, 0.1) is 0 Å². The van der Waals surface area contributed by atoms with Gasteiger partial charge in [0, 0.05) is 26.2 Å². The maximum absolute atomic E-state index is 13.4. The number of likely N-dealkylation sites (tertiary alicyclic amines) is 2. The molecule has 0 spiro atoms. The molecule has 2 saturated heterocycles. The molecule has 0 atom stereocenters. The number of benzene rings is 4. The third kappa shape index (κ3) is 19.2. The molecule has 0 aromatic heterocycles. The van der Waals surface area contributed by atoms with Gasteiger partial charge in [-0.25, -0.2) is 0 Å². The molecular weight excluding hydrogens is 841 g/mol. The third-order valence-electron chi connectivity index (χ3n) is 14.5. The van der Waals surface area contributed by atoms with E-state index in [4.69, 9.17) is 9.47 Å². The van der Waals surface area contributed by atoms with E-state index in [1.807, 2.05) is 121 Å². The van der Waals surface area contributed by atoms with E-state index in [0.717, 1.165) is 87.2 Å². The molecule has 2 heterocycles. The molecule has 4 aromatic rings. The molecule has 8 heteroatoms. The van der Waals surface area contributed by atoms with Crippen LogP contribution in [0, 0.1) is 0 Å². The first kappa shape index (κ1) is 53.0. The van der Waals surface area contributed by atoms with Gasteiger partial charge in [0.15, 0.2) is 0 Å². The first-order valence-electron chi connectivity index (χ1n) is 26.9. The Bertz CT molecular complexity index is 1700. The summed E-state index contributed by atoms with van der Waals surface area (Å²) in [5, 5.41) is 0. The van der Waals surface area contributed by atoms with E-state index in [1.165, 1.54) is 116 Å². The highest BCUT2D eigenvalue weighted by molar-refractivity contribution is 5.83. The fraction of sp³-hybridized carbons (Fsp3) is 0.567. The van der Waals surface area contributed by atoms with Crippen LogP contribution in [0.15, 0.2) is 121 Å². The number of carbonyl (C=O) groups excluding carboxylic acids is 2. The average Bonchev–Trinajstić information content (AvgIpc) is 3.37. The van der Waals surface area contributed by atoms with Crippen LogP contribution in [-0.4, -0.2) is 123 Å². The zero-order valence-corrected chi connectivity index (χ0v) is 42.1. The van der Waals surface area contributed by atoms with Crippen LogP contribution in [0.4, 0.5) is 0 Å². The summed E-state index contributed by atoms with van der Waals surface area (Å²) in [6.07, 6.45) is 22.1. The Balaban J connectivity index is 0.682. The molecular formula is C60H86N4O4. The van der Waals surface area contributed by atoms with Gasteiger partial charge in [-0.2, -0.15) is 0 Å². The standard InChI is InChI=1S/C60H86N4O4/c1-61(43-25-7-9-27-45-63-47-37-55(38-48-63)67-59(65)57(51-29-15-11-16-30-51)52-31-17-12-18-32-52)41-23-5-3-4-6-24-42-62(2)44-26-8-10-28-46-64-49-39-56(40-50-64)68-60(66)58(53-33-19-13-20-34-53)54-35-21-14-22-36-54/h11-22,29-36,55-58H,3-10,23-28,37-50H2,1-2H3. The highest BCUT2D eigenvalue weighted by atomic mass is 16.5. The van der Waals surface area contributed by atoms with Gasteiger partial charge in [0.2, 0.25) is 0 Å². The minimum Gasteiger partial charge on any atom is -0.462 e. The average molecular weight is 927 g/mol. The molecule has 4 aromatic carbocycles. The highest BCUT2D eigenvalue weighted by Gasteiger charge is 2.30. The second-order valence-corrected chi connectivity index (χ2v) is 20.0. The Kier molecular flexibility index (Phi) is 24.2.